The van der Waals surface area contributed by atoms with Gasteiger partial charge in [0.2, 0.25) is 0 Å². The second-order valence-corrected chi connectivity index (χ2v) is 4.73. The molecule has 6 heteroatoms. The van der Waals surface area contributed by atoms with Crippen molar-refractivity contribution in [3.8, 4) is 11.3 Å². The number of pyridine rings is 1. The summed E-state index contributed by atoms with van der Waals surface area (Å²) in [6, 6.07) is 3.98. The minimum atomic E-state index is 0.731. The van der Waals surface area contributed by atoms with Crippen molar-refractivity contribution in [1.29, 1.82) is 0 Å². The van der Waals surface area contributed by atoms with E-state index in [0.717, 1.165) is 29.0 Å². The Morgan fingerprint density at radius 3 is 2.76 bits per heavy atom. The quantitative estimate of drug-likeness (QED) is 0.622. The number of hydrogen-bond acceptors (Lipinski definition) is 4. The summed E-state index contributed by atoms with van der Waals surface area (Å²) in [5.41, 5.74) is 4.98. The molecule has 0 fully saturated rings. The van der Waals surface area contributed by atoms with Gasteiger partial charge in [-0.25, -0.2) is 4.98 Å². The van der Waals surface area contributed by atoms with E-state index >= 15 is 0 Å². The SMILES string of the molecule is c1cc(Cc2nccn3c(-c4cn[nH]c4)cnc23)ccn1. The van der Waals surface area contributed by atoms with E-state index < -0.39 is 0 Å². The highest BCUT2D eigenvalue weighted by Gasteiger charge is 2.11. The van der Waals surface area contributed by atoms with E-state index in [1.54, 1.807) is 24.8 Å². The van der Waals surface area contributed by atoms with Gasteiger partial charge in [0.15, 0.2) is 5.65 Å². The first kappa shape index (κ1) is 11.8. The van der Waals surface area contributed by atoms with Crippen LogP contribution in [0.25, 0.3) is 16.9 Å². The van der Waals surface area contributed by atoms with E-state index in [-0.39, 0.29) is 0 Å². The first-order valence-electron chi connectivity index (χ1n) is 6.61. The number of fused-ring (bicyclic) bond motifs is 1. The Bertz CT molecular complexity index is 864. The molecule has 6 nitrogen and oxygen atoms in total. The van der Waals surface area contributed by atoms with E-state index in [4.69, 9.17) is 0 Å². The zero-order valence-corrected chi connectivity index (χ0v) is 11.1. The Balaban J connectivity index is 1.81. The van der Waals surface area contributed by atoms with Gasteiger partial charge in [-0.2, -0.15) is 5.10 Å². The molecule has 4 heterocycles. The number of hydrogen-bond donors (Lipinski definition) is 1. The molecular weight excluding hydrogens is 264 g/mol. The lowest BCUT2D eigenvalue weighted by atomic mass is 10.1. The molecule has 0 bridgehead atoms. The summed E-state index contributed by atoms with van der Waals surface area (Å²) in [5.74, 6) is 0. The summed E-state index contributed by atoms with van der Waals surface area (Å²) >= 11 is 0. The van der Waals surface area contributed by atoms with Crippen molar-refractivity contribution in [2.75, 3.05) is 0 Å². The van der Waals surface area contributed by atoms with Gasteiger partial charge in [-0.1, -0.05) is 0 Å². The monoisotopic (exact) mass is 276 g/mol. The van der Waals surface area contributed by atoms with Crippen molar-refractivity contribution in [3.05, 3.63) is 66.8 Å². The van der Waals surface area contributed by atoms with Crippen LogP contribution in [0.1, 0.15) is 11.3 Å². The molecule has 0 amide bonds. The summed E-state index contributed by atoms with van der Waals surface area (Å²) in [6.45, 7) is 0. The molecule has 21 heavy (non-hydrogen) atoms. The standard InChI is InChI=1S/C15H12N6/c1-3-16-4-2-11(1)7-13-15-18-10-14(12-8-19-20-9-12)21(15)6-5-17-13/h1-6,8-10H,7H2,(H,19,20). The first-order chi connectivity index (χ1) is 10.4. The van der Waals surface area contributed by atoms with Crippen molar-refractivity contribution in [2.45, 2.75) is 6.42 Å². The number of nitrogens with zero attached hydrogens (tertiary/aromatic N) is 5. The molecule has 0 spiro atoms. The highest BCUT2D eigenvalue weighted by Crippen LogP contribution is 2.21. The largest absolute Gasteiger partial charge is 0.296 e. The molecule has 1 N–H and O–H groups in total. The van der Waals surface area contributed by atoms with Crippen molar-refractivity contribution in [1.82, 2.24) is 29.5 Å². The van der Waals surface area contributed by atoms with Crippen LogP contribution in [0, 0.1) is 0 Å². The van der Waals surface area contributed by atoms with Crippen LogP contribution in [0.4, 0.5) is 0 Å². The summed E-state index contributed by atoms with van der Waals surface area (Å²) < 4.78 is 2.04. The van der Waals surface area contributed by atoms with Crippen LogP contribution in [-0.4, -0.2) is 29.5 Å². The van der Waals surface area contributed by atoms with Gasteiger partial charge in [-0.3, -0.25) is 19.5 Å². The molecule has 4 aromatic rings. The minimum Gasteiger partial charge on any atom is -0.296 e. The van der Waals surface area contributed by atoms with Gasteiger partial charge >= 0.3 is 0 Å². The average molecular weight is 276 g/mol. The summed E-state index contributed by atoms with van der Waals surface area (Å²) in [5, 5.41) is 6.81. The average Bonchev–Trinajstić information content (AvgIpc) is 3.17. The van der Waals surface area contributed by atoms with Crippen LogP contribution < -0.4 is 0 Å². The van der Waals surface area contributed by atoms with Crippen molar-refractivity contribution in [3.63, 3.8) is 0 Å². The number of aromatic nitrogens is 6. The predicted molar refractivity (Wildman–Crippen MR) is 77.6 cm³/mol. The van der Waals surface area contributed by atoms with E-state index in [2.05, 4.69) is 25.1 Å². The third kappa shape index (κ3) is 2.06. The Morgan fingerprint density at radius 2 is 1.95 bits per heavy atom. The number of rotatable bonds is 3. The van der Waals surface area contributed by atoms with Crippen LogP contribution in [0.2, 0.25) is 0 Å². The molecule has 0 unspecified atom stereocenters. The molecule has 4 aromatic heterocycles. The van der Waals surface area contributed by atoms with Gasteiger partial charge in [0, 0.05) is 43.0 Å². The molecule has 4 rings (SSSR count). The summed E-state index contributed by atoms with van der Waals surface area (Å²) in [7, 11) is 0. The van der Waals surface area contributed by atoms with Crippen molar-refractivity contribution >= 4 is 5.65 Å². The van der Waals surface area contributed by atoms with Crippen LogP contribution in [0.3, 0.4) is 0 Å². The second-order valence-electron chi connectivity index (χ2n) is 4.73. The fourth-order valence-corrected chi connectivity index (χ4v) is 2.40. The number of imidazole rings is 1. The minimum absolute atomic E-state index is 0.731. The zero-order chi connectivity index (χ0) is 14.1. The van der Waals surface area contributed by atoms with Crippen LogP contribution in [0.15, 0.2) is 55.5 Å². The first-order valence-corrected chi connectivity index (χ1v) is 6.61. The fraction of sp³-hybridized carbons (Fsp3) is 0.0667. The Labute approximate surface area is 120 Å². The lowest BCUT2D eigenvalue weighted by Crippen LogP contribution is -1.98. The summed E-state index contributed by atoms with van der Waals surface area (Å²) in [4.78, 5) is 13.0. The molecule has 0 aliphatic carbocycles. The fourth-order valence-electron chi connectivity index (χ4n) is 2.40. The maximum absolute atomic E-state index is 4.51. The highest BCUT2D eigenvalue weighted by molar-refractivity contribution is 5.63. The van der Waals surface area contributed by atoms with Crippen molar-refractivity contribution in [2.24, 2.45) is 0 Å². The van der Waals surface area contributed by atoms with Crippen LogP contribution >= 0.6 is 0 Å². The molecule has 0 aromatic carbocycles. The molecule has 0 saturated heterocycles. The van der Waals surface area contributed by atoms with Gasteiger partial charge in [0.05, 0.1) is 23.8 Å². The molecular formula is C15H12N6. The Morgan fingerprint density at radius 1 is 1.05 bits per heavy atom. The molecule has 0 atom stereocenters. The molecule has 102 valence electrons. The van der Waals surface area contributed by atoms with Gasteiger partial charge in [-0.15, -0.1) is 0 Å². The maximum Gasteiger partial charge on any atom is 0.159 e. The van der Waals surface area contributed by atoms with Gasteiger partial charge in [0.25, 0.3) is 0 Å². The Hall–Kier alpha value is -3.02. The highest BCUT2D eigenvalue weighted by atomic mass is 15.1. The molecule has 0 aliphatic heterocycles. The van der Waals surface area contributed by atoms with Gasteiger partial charge in [0.1, 0.15) is 0 Å². The predicted octanol–water partition coefficient (Wildman–Crippen LogP) is 2.11. The van der Waals surface area contributed by atoms with Crippen molar-refractivity contribution < 1.29 is 0 Å². The molecule has 0 aliphatic rings. The number of aromatic amines is 1. The lowest BCUT2D eigenvalue weighted by Gasteiger charge is -2.04. The molecule has 0 radical (unpaired) electrons. The van der Waals surface area contributed by atoms with Crippen LogP contribution in [0.5, 0.6) is 0 Å². The topological polar surface area (TPSA) is 71.8 Å². The normalized spacial score (nSPS) is 11.0. The van der Waals surface area contributed by atoms with E-state index in [1.807, 2.05) is 35.1 Å². The van der Waals surface area contributed by atoms with Crippen LogP contribution in [-0.2, 0) is 6.42 Å². The third-order valence-electron chi connectivity index (χ3n) is 3.42. The molecule has 0 saturated carbocycles. The van der Waals surface area contributed by atoms with E-state index in [0.29, 0.717) is 0 Å². The third-order valence-corrected chi connectivity index (χ3v) is 3.42. The number of nitrogens with one attached hydrogen (secondary N) is 1. The summed E-state index contributed by atoms with van der Waals surface area (Å²) in [6.07, 6.45) is 13.5. The van der Waals surface area contributed by atoms with E-state index in [9.17, 15) is 0 Å². The Kier molecular flexibility index (Phi) is 2.71. The van der Waals surface area contributed by atoms with E-state index in [1.165, 1.54) is 5.56 Å². The maximum atomic E-state index is 4.51. The van der Waals surface area contributed by atoms with Gasteiger partial charge < -0.3 is 0 Å². The smallest absolute Gasteiger partial charge is 0.159 e. The van der Waals surface area contributed by atoms with Gasteiger partial charge in [-0.05, 0) is 17.7 Å². The second kappa shape index (κ2) is 4.82. The zero-order valence-electron chi connectivity index (χ0n) is 11.1. The number of H-pyrrole nitrogens is 1. The lowest BCUT2D eigenvalue weighted by molar-refractivity contribution is 1.02.